The molecule has 1 unspecified atom stereocenters. The number of nitrogen functional groups attached to an aromatic ring is 1. The van der Waals surface area contributed by atoms with Crippen LogP contribution >= 0.6 is 0 Å². The van der Waals surface area contributed by atoms with Crippen LogP contribution in [0.5, 0.6) is 11.6 Å². The van der Waals surface area contributed by atoms with Crippen molar-refractivity contribution in [2.45, 2.75) is 39.2 Å². The largest absolute Gasteiger partial charge is 0.439 e. The normalized spacial score (nSPS) is 15.2. The number of nitrogens with two attached hydrogens (primary N) is 1. The van der Waals surface area contributed by atoms with Crippen LogP contribution < -0.4 is 20.7 Å². The Labute approximate surface area is 225 Å². The average molecular weight is 513 g/mol. The lowest BCUT2D eigenvalue weighted by Crippen LogP contribution is -2.32. The van der Waals surface area contributed by atoms with Gasteiger partial charge in [0.2, 0.25) is 11.8 Å². The maximum absolute atomic E-state index is 6.04. The van der Waals surface area contributed by atoms with Crippen LogP contribution in [0.15, 0.2) is 66.9 Å². The van der Waals surface area contributed by atoms with Crippen LogP contribution in [-0.4, -0.2) is 41.3 Å². The van der Waals surface area contributed by atoms with Gasteiger partial charge in [-0.15, -0.1) is 12.8 Å². The summed E-state index contributed by atoms with van der Waals surface area (Å²) in [5.74, 6) is 2.11. The third-order valence-corrected chi connectivity index (χ3v) is 6.00. The summed E-state index contributed by atoms with van der Waals surface area (Å²) in [6, 6.07) is 13.9. The first kappa shape index (κ1) is 28.2. The molecule has 0 amide bonds. The highest BCUT2D eigenvalue weighted by Crippen LogP contribution is 2.30. The summed E-state index contributed by atoms with van der Waals surface area (Å²) in [6.07, 6.45) is 19.2. The molecule has 0 saturated carbocycles. The van der Waals surface area contributed by atoms with Crippen molar-refractivity contribution in [2.75, 3.05) is 36.2 Å². The first-order valence-corrected chi connectivity index (χ1v) is 12.6. The minimum absolute atomic E-state index is 0.221. The molecule has 0 bridgehead atoms. The van der Waals surface area contributed by atoms with Crippen molar-refractivity contribution in [2.24, 2.45) is 0 Å². The zero-order valence-corrected chi connectivity index (χ0v) is 22.3. The number of ether oxygens (including phenoxy) is 2. The zero-order chi connectivity index (χ0) is 27.3. The predicted molar refractivity (Wildman–Crippen MR) is 156 cm³/mol. The van der Waals surface area contributed by atoms with Crippen LogP contribution in [0.4, 0.5) is 23.1 Å². The maximum atomic E-state index is 6.04. The van der Waals surface area contributed by atoms with Crippen molar-refractivity contribution in [1.82, 2.24) is 15.0 Å². The molecule has 1 saturated heterocycles. The molecule has 0 aliphatic carbocycles. The number of terminal acetylenes is 1. The van der Waals surface area contributed by atoms with Gasteiger partial charge < -0.3 is 25.4 Å². The van der Waals surface area contributed by atoms with E-state index < -0.39 is 0 Å². The Morgan fingerprint density at radius 1 is 1.18 bits per heavy atom. The van der Waals surface area contributed by atoms with Gasteiger partial charge in [-0.25, -0.2) is 9.97 Å². The van der Waals surface area contributed by atoms with Gasteiger partial charge >= 0.3 is 0 Å². The Morgan fingerprint density at radius 2 is 1.97 bits per heavy atom. The van der Waals surface area contributed by atoms with E-state index in [2.05, 4.69) is 51.0 Å². The van der Waals surface area contributed by atoms with E-state index in [-0.39, 0.29) is 5.95 Å². The van der Waals surface area contributed by atoms with Gasteiger partial charge in [-0.05, 0) is 62.1 Å². The monoisotopic (exact) mass is 512 g/mol. The van der Waals surface area contributed by atoms with Crippen molar-refractivity contribution >= 4 is 28.7 Å². The number of hydrogen-bond acceptors (Lipinski definition) is 8. The second kappa shape index (κ2) is 14.4. The standard InChI is InChI=1S/C28H34N6O2.C2H2/c1-4-5-6-8-20(2)25-18-26(33-28(29)32-25)31-21-10-12-24(13-11-21)36-27-17-22(14-15-30-27)34-16-7-9-23(34)19-35-3;1-2/h5-6,8,10-15,17-18,23H,4,7,9,16,19H2,1-3H3,(H3,29,31,32,33);1-2H/b6-5-,20-8+;. The molecule has 1 fully saturated rings. The molecule has 198 valence electrons. The predicted octanol–water partition coefficient (Wildman–Crippen LogP) is 6.22. The summed E-state index contributed by atoms with van der Waals surface area (Å²) in [6.45, 7) is 5.83. The van der Waals surface area contributed by atoms with Crippen LogP contribution in [0.3, 0.4) is 0 Å². The first-order valence-electron chi connectivity index (χ1n) is 12.6. The number of allylic oxidation sites excluding steroid dienone is 4. The Kier molecular flexibility index (Phi) is 10.7. The number of anilines is 4. The SMILES string of the molecule is C#C.CC/C=C\C=C(/C)c1cc(Nc2ccc(Oc3cc(N4CCCC4COC)ccn3)cc2)nc(N)n1. The highest BCUT2D eigenvalue weighted by atomic mass is 16.5. The minimum Gasteiger partial charge on any atom is -0.439 e. The van der Waals surface area contributed by atoms with E-state index in [1.807, 2.05) is 61.5 Å². The smallest absolute Gasteiger partial charge is 0.222 e. The molecule has 0 radical (unpaired) electrons. The van der Waals surface area contributed by atoms with Gasteiger partial charge in [0.1, 0.15) is 11.6 Å². The highest BCUT2D eigenvalue weighted by molar-refractivity contribution is 5.67. The van der Waals surface area contributed by atoms with Crippen LogP contribution in [-0.2, 0) is 4.74 Å². The Hall–Kier alpha value is -4.35. The highest BCUT2D eigenvalue weighted by Gasteiger charge is 2.25. The van der Waals surface area contributed by atoms with E-state index >= 15 is 0 Å². The number of nitrogens with one attached hydrogen (secondary N) is 1. The molecule has 8 nitrogen and oxygen atoms in total. The number of pyridine rings is 1. The van der Waals surface area contributed by atoms with Crippen LogP contribution in [0.1, 0.15) is 38.8 Å². The molecule has 1 aromatic carbocycles. The number of aromatic nitrogens is 3. The second-order valence-electron chi connectivity index (χ2n) is 8.73. The Balaban J connectivity index is 0.00000195. The second-order valence-corrected chi connectivity index (χ2v) is 8.73. The molecule has 0 spiro atoms. The lowest BCUT2D eigenvalue weighted by atomic mass is 10.2. The third kappa shape index (κ3) is 7.82. The summed E-state index contributed by atoms with van der Waals surface area (Å²) in [4.78, 5) is 15.4. The zero-order valence-electron chi connectivity index (χ0n) is 22.3. The maximum Gasteiger partial charge on any atom is 0.222 e. The van der Waals surface area contributed by atoms with E-state index in [0.29, 0.717) is 23.5 Å². The summed E-state index contributed by atoms with van der Waals surface area (Å²) in [5.41, 5.74) is 9.71. The van der Waals surface area contributed by atoms with Crippen molar-refractivity contribution in [3.05, 3.63) is 72.6 Å². The molecule has 38 heavy (non-hydrogen) atoms. The molecule has 4 rings (SSSR count). The Morgan fingerprint density at radius 3 is 2.71 bits per heavy atom. The van der Waals surface area contributed by atoms with Gasteiger partial charge in [0, 0.05) is 43.4 Å². The van der Waals surface area contributed by atoms with E-state index in [1.54, 1.807) is 13.3 Å². The van der Waals surface area contributed by atoms with E-state index in [4.69, 9.17) is 15.2 Å². The van der Waals surface area contributed by atoms with Gasteiger partial charge in [-0.1, -0.05) is 25.2 Å². The van der Waals surface area contributed by atoms with Crippen LogP contribution in [0.25, 0.3) is 5.57 Å². The third-order valence-electron chi connectivity index (χ3n) is 6.00. The van der Waals surface area contributed by atoms with Crippen molar-refractivity contribution in [3.8, 4) is 24.5 Å². The van der Waals surface area contributed by atoms with Gasteiger partial charge in [0.25, 0.3) is 0 Å². The number of rotatable bonds is 10. The molecule has 1 atom stereocenters. The summed E-state index contributed by atoms with van der Waals surface area (Å²) in [7, 11) is 1.75. The minimum atomic E-state index is 0.221. The number of benzene rings is 1. The molecule has 3 heterocycles. The molecular formula is C30H36N6O2. The van der Waals surface area contributed by atoms with Crippen LogP contribution in [0, 0.1) is 12.8 Å². The van der Waals surface area contributed by atoms with E-state index in [0.717, 1.165) is 55.1 Å². The molecule has 3 N–H and O–H groups in total. The molecule has 8 heteroatoms. The molecular weight excluding hydrogens is 476 g/mol. The molecule has 2 aromatic heterocycles. The Bertz CT molecular complexity index is 1250. The van der Waals surface area contributed by atoms with Gasteiger partial charge in [0.15, 0.2) is 0 Å². The molecule has 1 aliphatic rings. The van der Waals surface area contributed by atoms with E-state index in [9.17, 15) is 0 Å². The van der Waals surface area contributed by atoms with Crippen molar-refractivity contribution in [3.63, 3.8) is 0 Å². The number of hydrogen-bond donors (Lipinski definition) is 2. The van der Waals surface area contributed by atoms with Crippen molar-refractivity contribution in [1.29, 1.82) is 0 Å². The lowest BCUT2D eigenvalue weighted by molar-refractivity contribution is 0.181. The topological polar surface area (TPSA) is 98.4 Å². The quantitative estimate of drug-likeness (QED) is 0.244. The van der Waals surface area contributed by atoms with Crippen LogP contribution in [0.2, 0.25) is 0 Å². The fourth-order valence-corrected chi connectivity index (χ4v) is 4.22. The van der Waals surface area contributed by atoms with Gasteiger partial charge in [-0.3, -0.25) is 0 Å². The van der Waals surface area contributed by atoms with Gasteiger partial charge in [0.05, 0.1) is 18.3 Å². The van der Waals surface area contributed by atoms with Gasteiger partial charge in [-0.2, -0.15) is 4.98 Å². The number of nitrogens with zero attached hydrogens (tertiary/aromatic N) is 4. The molecule has 3 aromatic rings. The fraction of sp³-hybridized carbons (Fsp3) is 0.300. The van der Waals surface area contributed by atoms with Crippen molar-refractivity contribution < 1.29 is 9.47 Å². The lowest BCUT2D eigenvalue weighted by Gasteiger charge is -2.26. The first-order chi connectivity index (χ1) is 18.6. The van der Waals surface area contributed by atoms with E-state index in [1.165, 1.54) is 0 Å². The summed E-state index contributed by atoms with van der Waals surface area (Å²) < 4.78 is 11.4. The summed E-state index contributed by atoms with van der Waals surface area (Å²) in [5, 5.41) is 3.30. The number of methoxy groups -OCH3 is 1. The molecule has 1 aliphatic heterocycles. The summed E-state index contributed by atoms with van der Waals surface area (Å²) >= 11 is 0. The fourth-order valence-electron chi connectivity index (χ4n) is 4.22. The average Bonchev–Trinajstić information content (AvgIpc) is 3.39.